The molecule has 7 rings (SSSR count). The zero-order valence-corrected chi connectivity index (χ0v) is 22.4. The summed E-state index contributed by atoms with van der Waals surface area (Å²) in [5, 5.41) is 9.61. The maximum Gasteiger partial charge on any atom is 0.387 e. The third kappa shape index (κ3) is 4.39. The number of piperidine rings is 1. The minimum absolute atomic E-state index is 0.125. The van der Waals surface area contributed by atoms with Crippen LogP contribution in [-0.4, -0.2) is 57.2 Å². The molecule has 11 heteroatoms. The van der Waals surface area contributed by atoms with Crippen LogP contribution >= 0.6 is 0 Å². The van der Waals surface area contributed by atoms with Gasteiger partial charge in [-0.3, -0.25) is 4.79 Å². The Bertz CT molecular complexity index is 1600. The van der Waals surface area contributed by atoms with E-state index in [9.17, 15) is 18.7 Å². The number of para-hydroxylation sites is 1. The van der Waals surface area contributed by atoms with Crippen LogP contribution in [0.4, 0.5) is 14.7 Å². The van der Waals surface area contributed by atoms with Crippen molar-refractivity contribution >= 4 is 17.6 Å². The molecule has 1 unspecified atom stereocenters. The Morgan fingerprint density at radius 2 is 1.78 bits per heavy atom. The van der Waals surface area contributed by atoms with E-state index in [1.165, 1.54) is 0 Å². The quantitative estimate of drug-likeness (QED) is 0.330. The van der Waals surface area contributed by atoms with Gasteiger partial charge < -0.3 is 23.9 Å². The van der Waals surface area contributed by atoms with Gasteiger partial charge in [0.1, 0.15) is 17.5 Å². The number of hydrogen-bond donors (Lipinski definition) is 1. The summed E-state index contributed by atoms with van der Waals surface area (Å²) in [4.78, 5) is 27.9. The molecule has 0 radical (unpaired) electrons. The second kappa shape index (κ2) is 10.1. The van der Waals surface area contributed by atoms with E-state index < -0.39 is 12.6 Å². The Labute approximate surface area is 234 Å². The highest BCUT2D eigenvalue weighted by Crippen LogP contribution is 2.48. The number of aromatic nitrogens is 4. The van der Waals surface area contributed by atoms with Gasteiger partial charge in [0.25, 0.3) is 0 Å². The Hall–Kier alpha value is -4.12. The van der Waals surface area contributed by atoms with Gasteiger partial charge in [-0.1, -0.05) is 18.2 Å². The average Bonchev–Trinajstić information content (AvgIpc) is 3.61. The minimum Gasteiger partial charge on any atom is -0.481 e. The third-order valence-corrected chi connectivity index (χ3v) is 8.94. The topological polar surface area (TPSA) is 102 Å². The zero-order valence-electron chi connectivity index (χ0n) is 22.4. The summed E-state index contributed by atoms with van der Waals surface area (Å²) in [6, 6.07) is 10.7. The van der Waals surface area contributed by atoms with E-state index >= 15 is 0 Å². The number of aliphatic carboxylic acids is 1. The second-order valence-electron chi connectivity index (χ2n) is 11.1. The number of anilines is 1. The number of carboxylic acid groups (broad SMARTS) is 1. The Morgan fingerprint density at radius 1 is 1.05 bits per heavy atom. The van der Waals surface area contributed by atoms with E-state index in [1.807, 2.05) is 34.9 Å². The van der Waals surface area contributed by atoms with Crippen LogP contribution in [0.1, 0.15) is 48.2 Å². The van der Waals surface area contributed by atoms with Crippen LogP contribution in [0.5, 0.6) is 5.75 Å². The van der Waals surface area contributed by atoms with Crippen molar-refractivity contribution in [2.24, 2.45) is 17.8 Å². The zero-order chi connectivity index (χ0) is 28.2. The predicted octanol–water partition coefficient (Wildman–Crippen LogP) is 5.16. The first kappa shape index (κ1) is 25.8. The third-order valence-electron chi connectivity index (χ3n) is 8.94. The van der Waals surface area contributed by atoms with Crippen molar-refractivity contribution in [3.63, 3.8) is 0 Å². The van der Waals surface area contributed by atoms with Gasteiger partial charge in [-0.25, -0.2) is 15.0 Å². The molecule has 2 fully saturated rings. The fraction of sp³-hybridized carbons (Fsp3) is 0.400. The Morgan fingerprint density at radius 3 is 2.46 bits per heavy atom. The first-order valence-electron chi connectivity index (χ1n) is 13.8. The summed E-state index contributed by atoms with van der Waals surface area (Å²) in [7, 11) is 1.63. The number of imidazole rings is 1. The SMILES string of the molecule is CO[C@@H]1C[C@H](c2ccccc2OC(F)F)c2c1nc1ccc(-c3cnc(N4C[C@H]5CC[C@@H](C4)C5C(=O)O)nc3)cn21. The maximum atomic E-state index is 13.2. The molecule has 0 amide bonds. The van der Waals surface area contributed by atoms with E-state index in [0.717, 1.165) is 41.0 Å². The number of carbonyl (C=O) groups is 1. The highest BCUT2D eigenvalue weighted by molar-refractivity contribution is 5.72. The molecule has 3 aromatic heterocycles. The average molecular weight is 562 g/mol. The van der Waals surface area contributed by atoms with E-state index in [0.29, 0.717) is 31.0 Å². The van der Waals surface area contributed by atoms with Gasteiger partial charge in [0.15, 0.2) is 0 Å². The largest absolute Gasteiger partial charge is 0.481 e. The summed E-state index contributed by atoms with van der Waals surface area (Å²) in [5.74, 6) is -0.217. The lowest BCUT2D eigenvalue weighted by atomic mass is 9.85. The van der Waals surface area contributed by atoms with Crippen LogP contribution in [0.3, 0.4) is 0 Å². The van der Waals surface area contributed by atoms with Gasteiger partial charge in [-0.05, 0) is 49.3 Å². The molecular weight excluding hydrogens is 532 g/mol. The molecule has 1 saturated carbocycles. The first-order chi connectivity index (χ1) is 19.9. The van der Waals surface area contributed by atoms with E-state index in [4.69, 9.17) is 14.5 Å². The van der Waals surface area contributed by atoms with Crippen LogP contribution in [0.2, 0.25) is 0 Å². The van der Waals surface area contributed by atoms with Crippen LogP contribution in [0.15, 0.2) is 55.0 Å². The molecule has 1 aliphatic heterocycles. The molecule has 41 heavy (non-hydrogen) atoms. The normalized spacial score (nSPS) is 25.2. The Balaban J connectivity index is 1.21. The van der Waals surface area contributed by atoms with Crippen molar-refractivity contribution in [3.8, 4) is 16.9 Å². The van der Waals surface area contributed by atoms with Crippen molar-refractivity contribution in [1.82, 2.24) is 19.4 Å². The molecule has 0 spiro atoms. The summed E-state index contributed by atoms with van der Waals surface area (Å²) in [6.07, 6.45) is 7.68. The summed E-state index contributed by atoms with van der Waals surface area (Å²) in [5.41, 5.74) is 4.76. The highest BCUT2D eigenvalue weighted by Gasteiger charge is 2.46. The summed E-state index contributed by atoms with van der Waals surface area (Å²) < 4.78 is 39.0. The minimum atomic E-state index is -2.93. The molecular formula is C30H29F2N5O4. The van der Waals surface area contributed by atoms with E-state index in [2.05, 4.69) is 14.9 Å². The van der Waals surface area contributed by atoms with E-state index in [-0.39, 0.29) is 35.5 Å². The predicted molar refractivity (Wildman–Crippen MR) is 145 cm³/mol. The van der Waals surface area contributed by atoms with Crippen LogP contribution in [0.25, 0.3) is 16.8 Å². The number of carboxylic acids is 1. The molecule has 4 heterocycles. The molecule has 2 bridgehead atoms. The number of halogens is 2. The van der Waals surface area contributed by atoms with Crippen LogP contribution in [0, 0.1) is 17.8 Å². The lowest BCUT2D eigenvalue weighted by Crippen LogP contribution is -2.45. The first-order valence-corrected chi connectivity index (χ1v) is 13.8. The Kier molecular flexibility index (Phi) is 6.33. The number of methoxy groups -OCH3 is 1. The van der Waals surface area contributed by atoms with Crippen LogP contribution < -0.4 is 9.64 Å². The maximum absolute atomic E-state index is 13.2. The van der Waals surface area contributed by atoms with Crippen molar-refractivity contribution in [1.29, 1.82) is 0 Å². The van der Waals surface area contributed by atoms with Gasteiger partial charge in [-0.2, -0.15) is 8.78 Å². The standard InChI is InChI=1S/C30H29F2N5O4/c1-40-23-10-21(20-4-2-3-5-22(20)41-29(31)32)27-26(23)35-24-9-8-16(15-37(24)27)19-11-33-30(34-12-19)36-13-17-6-7-18(14-36)25(17)28(38)39/h2-5,8-9,11-12,15,17-18,21,23,25,29H,6-7,10,13-14H2,1H3,(H,38,39)/t17-,18+,21-,23-,25?/m1/s1. The van der Waals surface area contributed by atoms with Crippen molar-refractivity contribution in [3.05, 3.63) is 71.9 Å². The lowest BCUT2D eigenvalue weighted by Gasteiger charge is -2.35. The van der Waals surface area contributed by atoms with Crippen molar-refractivity contribution < 1.29 is 28.2 Å². The van der Waals surface area contributed by atoms with Gasteiger partial charge in [0.05, 0.1) is 17.3 Å². The number of fused-ring (bicyclic) bond motifs is 5. The van der Waals surface area contributed by atoms with Crippen molar-refractivity contribution in [2.45, 2.75) is 37.9 Å². The van der Waals surface area contributed by atoms with Gasteiger partial charge in [0.2, 0.25) is 5.95 Å². The van der Waals surface area contributed by atoms with Crippen LogP contribution in [-0.2, 0) is 9.53 Å². The number of benzene rings is 1. The molecule has 1 N–H and O–H groups in total. The monoisotopic (exact) mass is 561 g/mol. The number of ether oxygens (including phenoxy) is 2. The molecule has 2 aliphatic carbocycles. The molecule has 212 valence electrons. The molecule has 1 saturated heterocycles. The summed E-state index contributed by atoms with van der Waals surface area (Å²) >= 11 is 0. The van der Waals surface area contributed by atoms with Gasteiger partial charge in [-0.15, -0.1) is 0 Å². The molecule has 1 aromatic carbocycles. The number of pyridine rings is 1. The van der Waals surface area contributed by atoms with E-state index in [1.54, 1.807) is 31.6 Å². The highest BCUT2D eigenvalue weighted by atomic mass is 19.3. The molecule has 9 nitrogen and oxygen atoms in total. The lowest BCUT2D eigenvalue weighted by molar-refractivity contribution is -0.144. The summed E-state index contributed by atoms with van der Waals surface area (Å²) in [6.45, 7) is -1.62. The molecule has 3 aliphatic rings. The molecule has 5 atom stereocenters. The smallest absolute Gasteiger partial charge is 0.387 e. The number of hydrogen-bond acceptors (Lipinski definition) is 7. The second-order valence-corrected chi connectivity index (χ2v) is 11.1. The fourth-order valence-corrected chi connectivity index (χ4v) is 7.15. The fourth-order valence-electron chi connectivity index (χ4n) is 7.15. The number of nitrogens with zero attached hydrogens (tertiary/aromatic N) is 5. The van der Waals surface area contributed by atoms with Gasteiger partial charge >= 0.3 is 12.6 Å². The molecule has 4 aromatic rings. The van der Waals surface area contributed by atoms with Crippen molar-refractivity contribution in [2.75, 3.05) is 25.1 Å². The number of rotatable bonds is 7. The number of alkyl halides is 2. The van der Waals surface area contributed by atoms with Gasteiger partial charge in [0, 0.05) is 61.4 Å².